The summed E-state index contributed by atoms with van der Waals surface area (Å²) >= 11 is 19.8. The predicted molar refractivity (Wildman–Crippen MR) is 157 cm³/mol. The predicted octanol–water partition coefficient (Wildman–Crippen LogP) is 8.74. The highest BCUT2D eigenvalue weighted by Crippen LogP contribution is 2.35. The smallest absolute Gasteiger partial charge is 0.282 e. The fourth-order valence-electron chi connectivity index (χ4n) is 4.58. The molecule has 0 atom stereocenters. The van der Waals surface area contributed by atoms with Gasteiger partial charge in [0, 0.05) is 21.0 Å². The van der Waals surface area contributed by atoms with Gasteiger partial charge in [-0.3, -0.25) is 4.79 Å². The Hall–Kier alpha value is -2.19. The average Bonchev–Trinajstić information content (AvgIpc) is 2.89. The molecule has 0 saturated heterocycles. The molecule has 1 saturated carbocycles. The molecule has 4 aromatic rings. The molecular formula is C28H23Br2Cl2N3O2. The number of aromatic nitrogens is 2. The summed E-state index contributed by atoms with van der Waals surface area (Å²) in [7, 11) is 0. The van der Waals surface area contributed by atoms with Gasteiger partial charge in [-0.1, -0.05) is 76.6 Å². The Kier molecular flexibility index (Phi) is 8.34. The molecule has 0 bridgehead atoms. The molecule has 1 aliphatic carbocycles. The average molecular weight is 664 g/mol. The number of nitrogens with zero attached hydrogens (tertiary/aromatic N) is 3. The molecule has 0 amide bonds. The lowest BCUT2D eigenvalue weighted by Gasteiger charge is -2.22. The lowest BCUT2D eigenvalue weighted by atomic mass is 9.88. The number of fused-ring (bicyclic) bond motifs is 1. The number of hydrogen-bond donors (Lipinski definition) is 0. The van der Waals surface area contributed by atoms with Crippen LogP contribution in [0.2, 0.25) is 10.0 Å². The van der Waals surface area contributed by atoms with Gasteiger partial charge < -0.3 is 4.74 Å². The van der Waals surface area contributed by atoms with E-state index >= 15 is 0 Å². The normalized spacial score (nSPS) is 14.5. The first-order chi connectivity index (χ1) is 17.9. The van der Waals surface area contributed by atoms with Crippen LogP contribution in [0.3, 0.4) is 0 Å². The van der Waals surface area contributed by atoms with Gasteiger partial charge in [0.1, 0.15) is 12.4 Å². The summed E-state index contributed by atoms with van der Waals surface area (Å²) in [4.78, 5) is 18.4. The summed E-state index contributed by atoms with van der Waals surface area (Å²) in [5, 5.41) is 6.19. The standard InChI is InChI=1S/C28H23Br2Cl2N3O2/c29-20-10-11-25-21(14-20)28(36)35(27(34-25)18-6-2-1-3-7-18)33-15-17-12-22(30)26(24(32)13-17)37-16-19-8-4-5-9-23(19)31/h4-5,8-15,18H,1-3,6-7,16H2. The first-order valence-electron chi connectivity index (χ1n) is 12.0. The lowest BCUT2D eigenvalue weighted by molar-refractivity contribution is 0.304. The monoisotopic (exact) mass is 661 g/mol. The molecular weight excluding hydrogens is 641 g/mol. The zero-order valence-electron chi connectivity index (χ0n) is 19.8. The molecule has 0 aliphatic heterocycles. The van der Waals surface area contributed by atoms with E-state index in [0.29, 0.717) is 37.0 Å². The van der Waals surface area contributed by atoms with Crippen LogP contribution >= 0.6 is 55.1 Å². The van der Waals surface area contributed by atoms with Crippen molar-refractivity contribution in [3.8, 4) is 5.75 Å². The highest BCUT2D eigenvalue weighted by atomic mass is 79.9. The van der Waals surface area contributed by atoms with Crippen LogP contribution in [0.25, 0.3) is 10.9 Å². The molecule has 9 heteroatoms. The van der Waals surface area contributed by atoms with Gasteiger partial charge in [0.05, 0.1) is 26.6 Å². The first-order valence-corrected chi connectivity index (χ1v) is 14.4. The minimum atomic E-state index is -0.187. The maximum Gasteiger partial charge on any atom is 0.282 e. The molecule has 37 heavy (non-hydrogen) atoms. The van der Waals surface area contributed by atoms with E-state index in [1.54, 1.807) is 18.3 Å². The molecule has 1 aromatic heterocycles. The van der Waals surface area contributed by atoms with E-state index in [-0.39, 0.29) is 18.1 Å². The fourth-order valence-corrected chi connectivity index (χ4v) is 6.12. The lowest BCUT2D eigenvalue weighted by Crippen LogP contribution is -2.25. The second kappa shape index (κ2) is 11.7. The second-order valence-electron chi connectivity index (χ2n) is 9.02. The SMILES string of the molecule is O=c1c2cc(Br)ccc2nc(C2CCCCC2)n1N=Cc1cc(Cl)c(OCc2ccccc2Cl)c(Br)c1. The quantitative estimate of drug-likeness (QED) is 0.194. The van der Waals surface area contributed by atoms with Crippen molar-refractivity contribution in [3.05, 3.63) is 101 Å². The van der Waals surface area contributed by atoms with Gasteiger partial charge in [-0.2, -0.15) is 9.78 Å². The summed E-state index contributed by atoms with van der Waals surface area (Å²) in [6, 6.07) is 16.7. The van der Waals surface area contributed by atoms with Gasteiger partial charge in [0.15, 0.2) is 5.75 Å². The van der Waals surface area contributed by atoms with E-state index in [4.69, 9.17) is 32.9 Å². The molecule has 1 heterocycles. The second-order valence-corrected chi connectivity index (χ2v) is 11.6. The van der Waals surface area contributed by atoms with E-state index < -0.39 is 0 Å². The highest BCUT2D eigenvalue weighted by Gasteiger charge is 2.22. The van der Waals surface area contributed by atoms with Gasteiger partial charge in [-0.05, 0) is 70.7 Å². The van der Waals surface area contributed by atoms with Gasteiger partial charge >= 0.3 is 0 Å². The van der Waals surface area contributed by atoms with Crippen molar-refractivity contribution in [2.75, 3.05) is 0 Å². The minimum absolute atomic E-state index is 0.187. The van der Waals surface area contributed by atoms with Crippen LogP contribution in [0.1, 0.15) is 55.0 Å². The van der Waals surface area contributed by atoms with E-state index in [9.17, 15) is 4.79 Å². The highest BCUT2D eigenvalue weighted by molar-refractivity contribution is 9.10. The summed E-state index contributed by atoms with van der Waals surface area (Å²) in [5.74, 6) is 1.42. The van der Waals surface area contributed by atoms with Crippen molar-refractivity contribution < 1.29 is 4.74 Å². The molecule has 1 aliphatic rings. The van der Waals surface area contributed by atoms with Gasteiger partial charge in [-0.25, -0.2) is 4.98 Å². The Balaban J connectivity index is 1.48. The van der Waals surface area contributed by atoms with E-state index in [1.165, 1.54) is 11.1 Å². The molecule has 0 N–H and O–H groups in total. The van der Waals surface area contributed by atoms with E-state index in [2.05, 4.69) is 37.0 Å². The van der Waals surface area contributed by atoms with Crippen molar-refractivity contribution in [1.82, 2.24) is 9.66 Å². The zero-order chi connectivity index (χ0) is 25.9. The number of rotatable bonds is 6. The van der Waals surface area contributed by atoms with Crippen LogP contribution in [0.5, 0.6) is 5.75 Å². The number of benzene rings is 3. The molecule has 5 rings (SSSR count). The zero-order valence-corrected chi connectivity index (χ0v) is 24.4. The van der Waals surface area contributed by atoms with Crippen molar-refractivity contribution >= 4 is 72.2 Å². The fraction of sp³-hybridized carbons (Fsp3) is 0.250. The third kappa shape index (κ3) is 5.95. The van der Waals surface area contributed by atoms with Crippen molar-refractivity contribution in [2.45, 2.75) is 44.6 Å². The van der Waals surface area contributed by atoms with Crippen LogP contribution in [0.4, 0.5) is 0 Å². The third-order valence-corrected chi connectivity index (χ3v) is 8.21. The Bertz CT molecular complexity index is 1530. The largest absolute Gasteiger partial charge is 0.486 e. The maximum atomic E-state index is 13.5. The summed E-state index contributed by atoms with van der Waals surface area (Å²) in [6.45, 7) is 0.282. The maximum absolute atomic E-state index is 13.5. The number of hydrogen-bond acceptors (Lipinski definition) is 4. The Morgan fingerprint density at radius 2 is 1.81 bits per heavy atom. The number of halogens is 4. The Morgan fingerprint density at radius 1 is 1.03 bits per heavy atom. The molecule has 0 unspecified atom stereocenters. The molecule has 3 aromatic carbocycles. The molecule has 1 fully saturated rings. The van der Waals surface area contributed by atoms with Crippen LogP contribution < -0.4 is 10.3 Å². The topological polar surface area (TPSA) is 56.5 Å². The van der Waals surface area contributed by atoms with Crippen molar-refractivity contribution in [1.29, 1.82) is 0 Å². The Labute approximate surface area is 241 Å². The van der Waals surface area contributed by atoms with Crippen LogP contribution in [0, 0.1) is 0 Å². The first kappa shape index (κ1) is 26.4. The summed E-state index contributed by atoms with van der Waals surface area (Å²) < 4.78 is 8.90. The van der Waals surface area contributed by atoms with E-state index in [1.807, 2.05) is 42.5 Å². The van der Waals surface area contributed by atoms with Gasteiger partial charge in [0.2, 0.25) is 0 Å². The molecule has 5 nitrogen and oxygen atoms in total. The molecule has 0 spiro atoms. The minimum Gasteiger partial charge on any atom is -0.486 e. The van der Waals surface area contributed by atoms with Gasteiger partial charge in [-0.15, -0.1) is 0 Å². The van der Waals surface area contributed by atoms with Gasteiger partial charge in [0.25, 0.3) is 5.56 Å². The number of ether oxygens (including phenoxy) is 1. The molecule has 190 valence electrons. The molecule has 0 radical (unpaired) electrons. The van der Waals surface area contributed by atoms with Crippen molar-refractivity contribution in [2.24, 2.45) is 5.10 Å². The van der Waals surface area contributed by atoms with Crippen LogP contribution in [0.15, 0.2) is 73.4 Å². The van der Waals surface area contributed by atoms with Crippen molar-refractivity contribution in [3.63, 3.8) is 0 Å². The van der Waals surface area contributed by atoms with E-state index in [0.717, 1.165) is 41.3 Å². The third-order valence-electron chi connectivity index (χ3n) is 6.48. The van der Waals surface area contributed by atoms with Crippen LogP contribution in [-0.2, 0) is 6.61 Å². The summed E-state index contributed by atoms with van der Waals surface area (Å²) in [6.07, 6.45) is 7.09. The van der Waals surface area contributed by atoms with Crippen LogP contribution in [-0.4, -0.2) is 15.9 Å². The Morgan fingerprint density at radius 3 is 2.57 bits per heavy atom. The summed E-state index contributed by atoms with van der Waals surface area (Å²) in [5.41, 5.74) is 2.08.